The number of aliphatic carboxylic acids is 1. The molecule has 0 saturated heterocycles. The Morgan fingerprint density at radius 1 is 1.27 bits per heavy atom. The van der Waals surface area contributed by atoms with Gasteiger partial charge in [-0.25, -0.2) is 0 Å². The highest BCUT2D eigenvalue weighted by Crippen LogP contribution is 2.11. The minimum Gasteiger partial charge on any atom is -0.481 e. The van der Waals surface area contributed by atoms with E-state index in [0.717, 1.165) is 0 Å². The minimum absolute atomic E-state index is 0.0350. The standard InChI is InChI=1S/C15H22N2O5/c1-9(2)7-11(15(20)21)8-16-13(18)10(3)17-14(19)12-5-4-6-22-12/h4-6,9-11H,7-8H2,1-3H3,(H,16,18)(H,17,19)(H,20,21)/t10-,11-/m0/s1. The van der Waals surface area contributed by atoms with E-state index >= 15 is 0 Å². The largest absolute Gasteiger partial charge is 0.481 e. The van der Waals surface area contributed by atoms with Crippen LogP contribution in [0.3, 0.4) is 0 Å². The molecule has 0 spiro atoms. The molecule has 7 nitrogen and oxygen atoms in total. The Hall–Kier alpha value is -2.31. The van der Waals surface area contributed by atoms with Gasteiger partial charge in [0.2, 0.25) is 5.91 Å². The van der Waals surface area contributed by atoms with E-state index in [0.29, 0.717) is 6.42 Å². The zero-order valence-corrected chi connectivity index (χ0v) is 13.0. The fraction of sp³-hybridized carbons (Fsp3) is 0.533. The topological polar surface area (TPSA) is 109 Å². The molecule has 3 N–H and O–H groups in total. The van der Waals surface area contributed by atoms with Crippen LogP contribution in [0.4, 0.5) is 0 Å². The van der Waals surface area contributed by atoms with Gasteiger partial charge in [-0.05, 0) is 31.4 Å². The molecule has 0 aliphatic rings. The summed E-state index contributed by atoms with van der Waals surface area (Å²) in [5, 5.41) is 14.1. The Bertz CT molecular complexity index is 510. The summed E-state index contributed by atoms with van der Waals surface area (Å²) in [7, 11) is 0. The molecule has 7 heteroatoms. The van der Waals surface area contributed by atoms with Crippen molar-refractivity contribution >= 4 is 17.8 Å². The van der Waals surface area contributed by atoms with E-state index in [1.165, 1.54) is 19.3 Å². The molecule has 1 aromatic heterocycles. The van der Waals surface area contributed by atoms with Crippen molar-refractivity contribution in [3.05, 3.63) is 24.2 Å². The lowest BCUT2D eigenvalue weighted by atomic mass is 9.97. The number of rotatable bonds is 8. The third-order valence-electron chi connectivity index (χ3n) is 3.11. The van der Waals surface area contributed by atoms with Gasteiger partial charge in [0, 0.05) is 6.54 Å². The molecule has 2 amide bonds. The van der Waals surface area contributed by atoms with E-state index in [4.69, 9.17) is 9.52 Å². The van der Waals surface area contributed by atoms with Gasteiger partial charge < -0.3 is 20.2 Å². The summed E-state index contributed by atoms with van der Waals surface area (Å²) in [5.74, 6) is -2.19. The normalized spacial score (nSPS) is 13.5. The van der Waals surface area contributed by atoms with Crippen LogP contribution < -0.4 is 10.6 Å². The Balaban J connectivity index is 2.46. The minimum atomic E-state index is -0.943. The number of furan rings is 1. The molecule has 22 heavy (non-hydrogen) atoms. The molecular formula is C15H22N2O5. The van der Waals surface area contributed by atoms with Gasteiger partial charge in [-0.15, -0.1) is 0 Å². The van der Waals surface area contributed by atoms with Crippen molar-refractivity contribution in [3.8, 4) is 0 Å². The van der Waals surface area contributed by atoms with Crippen molar-refractivity contribution in [2.45, 2.75) is 33.2 Å². The first kappa shape index (κ1) is 17.7. The van der Waals surface area contributed by atoms with E-state index in [9.17, 15) is 14.4 Å². The summed E-state index contributed by atoms with van der Waals surface area (Å²) in [5.41, 5.74) is 0. The predicted octanol–water partition coefficient (Wildman–Crippen LogP) is 1.26. The third kappa shape index (κ3) is 5.59. The molecule has 0 saturated carbocycles. The van der Waals surface area contributed by atoms with E-state index in [2.05, 4.69) is 10.6 Å². The van der Waals surface area contributed by atoms with Gasteiger partial charge >= 0.3 is 5.97 Å². The van der Waals surface area contributed by atoms with Gasteiger partial charge in [0.25, 0.3) is 5.91 Å². The van der Waals surface area contributed by atoms with Crippen molar-refractivity contribution in [2.24, 2.45) is 11.8 Å². The molecule has 1 heterocycles. The highest BCUT2D eigenvalue weighted by atomic mass is 16.4. The summed E-state index contributed by atoms with van der Waals surface area (Å²) in [4.78, 5) is 34.8. The average molecular weight is 310 g/mol. The second kappa shape index (κ2) is 8.21. The molecule has 0 aliphatic heterocycles. The molecule has 2 atom stereocenters. The van der Waals surface area contributed by atoms with Gasteiger partial charge in [-0.1, -0.05) is 13.8 Å². The Kier molecular flexibility index (Phi) is 6.62. The van der Waals surface area contributed by atoms with Crippen LogP contribution >= 0.6 is 0 Å². The lowest BCUT2D eigenvalue weighted by Gasteiger charge is -2.18. The van der Waals surface area contributed by atoms with E-state index in [1.54, 1.807) is 6.07 Å². The monoisotopic (exact) mass is 310 g/mol. The maximum absolute atomic E-state index is 11.9. The molecule has 0 aliphatic carbocycles. The van der Waals surface area contributed by atoms with Crippen LogP contribution in [0.1, 0.15) is 37.7 Å². The zero-order chi connectivity index (χ0) is 16.7. The highest BCUT2D eigenvalue weighted by Gasteiger charge is 2.22. The van der Waals surface area contributed by atoms with Gasteiger partial charge in [0.05, 0.1) is 12.2 Å². The Labute approximate surface area is 129 Å². The molecule has 0 radical (unpaired) electrons. The van der Waals surface area contributed by atoms with Crippen LogP contribution in [0.5, 0.6) is 0 Å². The van der Waals surface area contributed by atoms with Crippen LogP contribution in [0, 0.1) is 11.8 Å². The maximum atomic E-state index is 11.9. The maximum Gasteiger partial charge on any atom is 0.308 e. The number of carboxylic acids is 1. The van der Waals surface area contributed by atoms with Crippen LogP contribution in [0.2, 0.25) is 0 Å². The summed E-state index contributed by atoms with van der Waals surface area (Å²) < 4.78 is 4.93. The van der Waals surface area contributed by atoms with E-state index < -0.39 is 29.7 Å². The second-order valence-corrected chi connectivity index (χ2v) is 5.58. The highest BCUT2D eigenvalue weighted by molar-refractivity contribution is 5.95. The van der Waals surface area contributed by atoms with Crippen LogP contribution in [0.25, 0.3) is 0 Å². The average Bonchev–Trinajstić information content (AvgIpc) is 2.96. The van der Waals surface area contributed by atoms with E-state index in [-0.39, 0.29) is 18.2 Å². The number of carbonyl (C=O) groups excluding carboxylic acids is 2. The first-order chi connectivity index (χ1) is 10.3. The number of amides is 2. The molecule has 0 unspecified atom stereocenters. The smallest absolute Gasteiger partial charge is 0.308 e. The fourth-order valence-electron chi connectivity index (χ4n) is 1.96. The number of hydrogen-bond donors (Lipinski definition) is 3. The SMILES string of the molecule is CC(C)C[C@@H](CNC(=O)[C@H](C)NC(=O)c1ccco1)C(=O)O. The molecule has 1 rings (SSSR count). The number of carbonyl (C=O) groups is 3. The Morgan fingerprint density at radius 2 is 1.95 bits per heavy atom. The fourth-order valence-corrected chi connectivity index (χ4v) is 1.96. The van der Waals surface area contributed by atoms with Gasteiger partial charge in [0.1, 0.15) is 6.04 Å². The Morgan fingerprint density at radius 3 is 2.45 bits per heavy atom. The number of nitrogens with one attached hydrogen (secondary N) is 2. The van der Waals surface area contributed by atoms with Gasteiger partial charge in [-0.3, -0.25) is 14.4 Å². The van der Waals surface area contributed by atoms with Crippen LogP contribution in [-0.4, -0.2) is 35.5 Å². The van der Waals surface area contributed by atoms with E-state index in [1.807, 2.05) is 13.8 Å². The summed E-state index contributed by atoms with van der Waals surface area (Å²) in [6.45, 7) is 5.40. The summed E-state index contributed by atoms with van der Waals surface area (Å²) >= 11 is 0. The molecule has 0 fully saturated rings. The summed E-state index contributed by atoms with van der Waals surface area (Å²) in [6.07, 6.45) is 1.84. The zero-order valence-electron chi connectivity index (χ0n) is 13.0. The second-order valence-electron chi connectivity index (χ2n) is 5.58. The van der Waals surface area contributed by atoms with Crippen molar-refractivity contribution < 1.29 is 23.9 Å². The lowest BCUT2D eigenvalue weighted by Crippen LogP contribution is -2.46. The lowest BCUT2D eigenvalue weighted by molar-refractivity contribution is -0.142. The molecular weight excluding hydrogens is 288 g/mol. The van der Waals surface area contributed by atoms with Crippen LogP contribution in [0.15, 0.2) is 22.8 Å². The first-order valence-corrected chi connectivity index (χ1v) is 7.16. The van der Waals surface area contributed by atoms with Crippen molar-refractivity contribution in [1.82, 2.24) is 10.6 Å². The number of carboxylic acid groups (broad SMARTS) is 1. The molecule has 0 aromatic carbocycles. The first-order valence-electron chi connectivity index (χ1n) is 7.16. The van der Waals surface area contributed by atoms with Crippen molar-refractivity contribution in [3.63, 3.8) is 0 Å². The molecule has 122 valence electrons. The number of hydrogen-bond acceptors (Lipinski definition) is 4. The predicted molar refractivity (Wildman–Crippen MR) is 79.2 cm³/mol. The van der Waals surface area contributed by atoms with Crippen molar-refractivity contribution in [2.75, 3.05) is 6.54 Å². The third-order valence-corrected chi connectivity index (χ3v) is 3.11. The molecule has 1 aromatic rings. The van der Waals surface area contributed by atoms with Gasteiger partial charge in [-0.2, -0.15) is 0 Å². The molecule has 0 bridgehead atoms. The quantitative estimate of drug-likeness (QED) is 0.670. The summed E-state index contributed by atoms with van der Waals surface area (Å²) in [6, 6.07) is 2.28. The van der Waals surface area contributed by atoms with Gasteiger partial charge in [0.15, 0.2) is 5.76 Å². The van der Waals surface area contributed by atoms with Crippen molar-refractivity contribution in [1.29, 1.82) is 0 Å². The van der Waals surface area contributed by atoms with Crippen LogP contribution in [-0.2, 0) is 9.59 Å².